The Hall–Kier alpha value is -3.45. The van der Waals surface area contributed by atoms with Crippen molar-refractivity contribution in [2.24, 2.45) is 0 Å². The maximum absolute atomic E-state index is 13.1. The fraction of sp³-hybridized carbons (Fsp3) is 0.292. The third-order valence-corrected chi connectivity index (χ3v) is 5.08. The Kier molecular flexibility index (Phi) is 7.08. The van der Waals surface area contributed by atoms with Gasteiger partial charge in [0.15, 0.2) is 11.5 Å². The number of fused-ring (bicyclic) bond motifs is 1. The predicted octanol–water partition coefficient (Wildman–Crippen LogP) is 2.48. The summed E-state index contributed by atoms with van der Waals surface area (Å²) < 4.78 is 11.3. The van der Waals surface area contributed by atoms with Crippen molar-refractivity contribution in [2.75, 3.05) is 26.3 Å². The van der Waals surface area contributed by atoms with Gasteiger partial charge in [0, 0.05) is 37.9 Å². The molecule has 0 saturated carbocycles. The Morgan fingerprint density at radius 1 is 0.903 bits per heavy atom. The molecule has 0 spiro atoms. The van der Waals surface area contributed by atoms with E-state index in [2.05, 4.69) is 20.6 Å². The van der Waals surface area contributed by atoms with Gasteiger partial charge in [-0.05, 0) is 53.8 Å². The molecule has 1 amide bonds. The van der Waals surface area contributed by atoms with Gasteiger partial charge < -0.3 is 20.1 Å². The zero-order valence-corrected chi connectivity index (χ0v) is 17.3. The first kappa shape index (κ1) is 20.8. The van der Waals surface area contributed by atoms with Crippen LogP contribution in [0.25, 0.3) is 0 Å². The van der Waals surface area contributed by atoms with Gasteiger partial charge in [-0.15, -0.1) is 0 Å². The summed E-state index contributed by atoms with van der Waals surface area (Å²) in [5.74, 6) is 1.30. The fourth-order valence-electron chi connectivity index (χ4n) is 3.49. The van der Waals surface area contributed by atoms with Crippen LogP contribution in [0, 0.1) is 0 Å². The average molecular weight is 418 g/mol. The van der Waals surface area contributed by atoms with Gasteiger partial charge >= 0.3 is 0 Å². The first-order valence-corrected chi connectivity index (χ1v) is 10.5. The Morgan fingerprint density at radius 2 is 1.58 bits per heavy atom. The van der Waals surface area contributed by atoms with E-state index in [0.717, 1.165) is 29.5 Å². The van der Waals surface area contributed by atoms with Crippen molar-refractivity contribution in [2.45, 2.75) is 18.9 Å². The summed E-state index contributed by atoms with van der Waals surface area (Å²) in [5, 5.41) is 6.44. The summed E-state index contributed by atoms with van der Waals surface area (Å²) in [4.78, 5) is 21.3. The Morgan fingerprint density at radius 3 is 2.26 bits per heavy atom. The van der Waals surface area contributed by atoms with Gasteiger partial charge in [-0.25, -0.2) is 0 Å². The third-order valence-electron chi connectivity index (χ3n) is 5.08. The van der Waals surface area contributed by atoms with Crippen molar-refractivity contribution in [3.05, 3.63) is 83.9 Å². The van der Waals surface area contributed by atoms with Gasteiger partial charge in [-0.3, -0.25) is 14.8 Å². The van der Waals surface area contributed by atoms with Crippen LogP contribution < -0.4 is 20.1 Å². The maximum Gasteiger partial charge on any atom is 0.241 e. The minimum atomic E-state index is -0.499. The molecule has 1 aromatic carbocycles. The smallest absolute Gasteiger partial charge is 0.241 e. The van der Waals surface area contributed by atoms with Gasteiger partial charge in [0.05, 0.1) is 0 Å². The van der Waals surface area contributed by atoms with Crippen LogP contribution in [0.15, 0.2) is 67.3 Å². The van der Waals surface area contributed by atoms with E-state index >= 15 is 0 Å². The molecule has 3 aromatic rings. The van der Waals surface area contributed by atoms with Crippen molar-refractivity contribution in [1.82, 2.24) is 20.6 Å². The number of nitrogens with zero attached hydrogens (tertiary/aromatic N) is 2. The van der Waals surface area contributed by atoms with E-state index < -0.39 is 6.04 Å². The number of pyridine rings is 2. The number of benzene rings is 1. The minimum absolute atomic E-state index is 0.0771. The Balaban J connectivity index is 1.42. The predicted molar refractivity (Wildman–Crippen MR) is 117 cm³/mol. The molecule has 0 fully saturated rings. The number of carbonyl (C=O) groups excluding carboxylic acids is 1. The van der Waals surface area contributed by atoms with Gasteiger partial charge in [-0.1, -0.05) is 18.2 Å². The van der Waals surface area contributed by atoms with Gasteiger partial charge in [-0.2, -0.15) is 0 Å². The molecule has 1 aliphatic rings. The molecule has 3 heterocycles. The standard InChI is InChI=1S/C24H26N4O3/c29-24(28-12-8-19-4-2-10-26-17-19)23(27-11-7-18-3-1-9-25-16-18)20-5-6-21-22(15-20)31-14-13-30-21/h1-6,9-10,15-17,23,27H,7-8,11-14H2,(H,28,29). The SMILES string of the molecule is O=C(NCCc1cccnc1)C(NCCc1cccnc1)c1ccc2c(c1)OCCO2. The van der Waals surface area contributed by atoms with Crippen LogP contribution in [0.1, 0.15) is 22.7 Å². The van der Waals surface area contributed by atoms with Crippen LogP contribution in [-0.2, 0) is 17.6 Å². The van der Waals surface area contributed by atoms with Crippen LogP contribution in [-0.4, -0.2) is 42.2 Å². The number of hydrogen-bond acceptors (Lipinski definition) is 6. The molecular formula is C24H26N4O3. The first-order valence-electron chi connectivity index (χ1n) is 10.5. The number of rotatable bonds is 9. The molecule has 31 heavy (non-hydrogen) atoms. The van der Waals surface area contributed by atoms with Gasteiger partial charge in [0.2, 0.25) is 5.91 Å². The number of aromatic nitrogens is 2. The van der Waals surface area contributed by atoms with Crippen LogP contribution in [0.4, 0.5) is 0 Å². The van der Waals surface area contributed by atoms with E-state index in [9.17, 15) is 4.79 Å². The van der Waals surface area contributed by atoms with Crippen molar-refractivity contribution in [1.29, 1.82) is 0 Å². The lowest BCUT2D eigenvalue weighted by Crippen LogP contribution is -2.39. The van der Waals surface area contributed by atoms with E-state index in [-0.39, 0.29) is 5.91 Å². The second-order valence-electron chi connectivity index (χ2n) is 7.30. The molecule has 1 aliphatic heterocycles. The number of nitrogens with one attached hydrogen (secondary N) is 2. The summed E-state index contributed by atoms with van der Waals surface area (Å²) in [5.41, 5.74) is 3.05. The molecule has 2 N–H and O–H groups in total. The number of amides is 1. The topological polar surface area (TPSA) is 85.4 Å². The van der Waals surface area contributed by atoms with Crippen molar-refractivity contribution in [3.63, 3.8) is 0 Å². The molecule has 0 aliphatic carbocycles. The quantitative estimate of drug-likeness (QED) is 0.555. The largest absolute Gasteiger partial charge is 0.486 e. The van der Waals surface area contributed by atoms with Crippen LogP contribution >= 0.6 is 0 Å². The van der Waals surface area contributed by atoms with E-state index in [0.29, 0.717) is 37.8 Å². The average Bonchev–Trinajstić information content (AvgIpc) is 2.83. The lowest BCUT2D eigenvalue weighted by Gasteiger charge is -2.23. The van der Waals surface area contributed by atoms with Crippen LogP contribution in [0.3, 0.4) is 0 Å². The zero-order chi connectivity index (χ0) is 21.3. The molecule has 7 heteroatoms. The van der Waals surface area contributed by atoms with Gasteiger partial charge in [0.25, 0.3) is 0 Å². The summed E-state index contributed by atoms with van der Waals surface area (Å²) in [6.45, 7) is 2.22. The molecule has 0 bridgehead atoms. The van der Waals surface area contributed by atoms with E-state index in [1.165, 1.54) is 0 Å². The molecule has 2 aromatic heterocycles. The zero-order valence-electron chi connectivity index (χ0n) is 17.3. The Bertz CT molecular complexity index is 983. The monoisotopic (exact) mass is 418 g/mol. The van der Waals surface area contributed by atoms with Crippen LogP contribution in [0.5, 0.6) is 11.5 Å². The lowest BCUT2D eigenvalue weighted by atomic mass is 10.0. The third kappa shape index (κ3) is 5.79. The fourth-order valence-corrected chi connectivity index (χ4v) is 3.49. The number of carbonyl (C=O) groups is 1. The molecular weight excluding hydrogens is 392 g/mol. The molecule has 0 radical (unpaired) electrons. The summed E-state index contributed by atoms with van der Waals surface area (Å²) in [6, 6.07) is 13.0. The summed E-state index contributed by atoms with van der Waals surface area (Å²) in [7, 11) is 0. The highest BCUT2D eigenvalue weighted by molar-refractivity contribution is 5.83. The van der Waals surface area contributed by atoms with Crippen molar-refractivity contribution in [3.8, 4) is 11.5 Å². The molecule has 1 atom stereocenters. The molecule has 1 unspecified atom stereocenters. The maximum atomic E-state index is 13.1. The minimum Gasteiger partial charge on any atom is -0.486 e. The van der Waals surface area contributed by atoms with E-state index in [1.807, 2.05) is 54.9 Å². The van der Waals surface area contributed by atoms with Crippen LogP contribution in [0.2, 0.25) is 0 Å². The van der Waals surface area contributed by atoms with Crippen molar-refractivity contribution < 1.29 is 14.3 Å². The summed E-state index contributed by atoms with van der Waals surface area (Å²) >= 11 is 0. The van der Waals surface area contributed by atoms with E-state index in [1.54, 1.807) is 12.4 Å². The normalized spacial score (nSPS) is 13.4. The molecule has 7 nitrogen and oxygen atoms in total. The Labute approximate surface area is 181 Å². The van der Waals surface area contributed by atoms with E-state index in [4.69, 9.17) is 9.47 Å². The lowest BCUT2D eigenvalue weighted by molar-refractivity contribution is -0.123. The highest BCUT2D eigenvalue weighted by Gasteiger charge is 2.22. The number of hydrogen-bond donors (Lipinski definition) is 2. The second kappa shape index (κ2) is 10.5. The highest BCUT2D eigenvalue weighted by Crippen LogP contribution is 2.32. The van der Waals surface area contributed by atoms with Crippen molar-refractivity contribution >= 4 is 5.91 Å². The number of ether oxygens (including phenoxy) is 2. The molecule has 4 rings (SSSR count). The highest BCUT2D eigenvalue weighted by atomic mass is 16.6. The molecule has 0 saturated heterocycles. The summed E-state index contributed by atoms with van der Waals surface area (Å²) in [6.07, 6.45) is 8.66. The first-order chi connectivity index (χ1) is 15.3. The van der Waals surface area contributed by atoms with Gasteiger partial charge in [0.1, 0.15) is 19.3 Å². The second-order valence-corrected chi connectivity index (χ2v) is 7.30. The molecule has 160 valence electrons.